The van der Waals surface area contributed by atoms with Crippen LogP contribution in [0.5, 0.6) is 17.2 Å². The number of aromatic nitrogens is 1. The Morgan fingerprint density at radius 1 is 0.690 bits per heavy atom. The third-order valence-electron chi connectivity index (χ3n) is 5.19. The SMILES string of the molecule is COc1cc(OC)c(-n2c3ccc(C)cc3c(=O)c3cc(C)ccc32)c(OC)c1. The Morgan fingerprint density at radius 3 is 1.59 bits per heavy atom. The number of benzene rings is 3. The second kappa shape index (κ2) is 7.17. The molecule has 0 radical (unpaired) electrons. The molecule has 148 valence electrons. The minimum atomic E-state index is 0.0186. The molecule has 3 aromatic carbocycles. The molecule has 29 heavy (non-hydrogen) atoms. The molecule has 0 saturated heterocycles. The topological polar surface area (TPSA) is 49.7 Å². The van der Waals surface area contributed by atoms with Gasteiger partial charge in [0.25, 0.3) is 0 Å². The number of aryl methyl sites for hydroxylation is 2. The van der Waals surface area contributed by atoms with Crippen LogP contribution in [0.2, 0.25) is 0 Å². The van der Waals surface area contributed by atoms with Crippen molar-refractivity contribution in [2.24, 2.45) is 0 Å². The van der Waals surface area contributed by atoms with Gasteiger partial charge in [0.1, 0.15) is 22.9 Å². The molecule has 0 bridgehead atoms. The molecule has 0 aliphatic rings. The van der Waals surface area contributed by atoms with Crippen molar-refractivity contribution in [1.82, 2.24) is 4.57 Å². The number of hydrogen-bond acceptors (Lipinski definition) is 4. The van der Waals surface area contributed by atoms with Crippen LogP contribution in [0.4, 0.5) is 0 Å². The summed E-state index contributed by atoms with van der Waals surface area (Å²) < 4.78 is 18.8. The van der Waals surface area contributed by atoms with Gasteiger partial charge in [0, 0.05) is 22.9 Å². The number of nitrogens with zero attached hydrogens (tertiary/aromatic N) is 1. The average Bonchev–Trinajstić information content (AvgIpc) is 2.74. The lowest BCUT2D eigenvalue weighted by Crippen LogP contribution is -2.12. The van der Waals surface area contributed by atoms with Gasteiger partial charge in [-0.3, -0.25) is 4.79 Å². The summed E-state index contributed by atoms with van der Waals surface area (Å²) in [6.07, 6.45) is 0. The Bertz CT molecular complexity index is 1210. The summed E-state index contributed by atoms with van der Waals surface area (Å²) >= 11 is 0. The Hall–Kier alpha value is -3.47. The van der Waals surface area contributed by atoms with Crippen molar-refractivity contribution < 1.29 is 14.2 Å². The number of ether oxygens (including phenoxy) is 3. The largest absolute Gasteiger partial charge is 0.496 e. The van der Waals surface area contributed by atoms with Crippen LogP contribution in [0, 0.1) is 13.8 Å². The van der Waals surface area contributed by atoms with E-state index in [1.807, 2.05) is 66.9 Å². The highest BCUT2D eigenvalue weighted by molar-refractivity contribution is 5.96. The van der Waals surface area contributed by atoms with E-state index in [-0.39, 0.29) is 5.43 Å². The first kappa shape index (κ1) is 18.9. The Kier molecular flexibility index (Phi) is 4.66. The van der Waals surface area contributed by atoms with E-state index in [4.69, 9.17) is 14.2 Å². The highest BCUT2D eigenvalue weighted by Crippen LogP contribution is 2.40. The fourth-order valence-corrected chi connectivity index (χ4v) is 3.78. The molecular weight excluding hydrogens is 366 g/mol. The maximum Gasteiger partial charge on any atom is 0.197 e. The lowest BCUT2D eigenvalue weighted by molar-refractivity contribution is 0.374. The predicted molar refractivity (Wildman–Crippen MR) is 116 cm³/mol. The summed E-state index contributed by atoms with van der Waals surface area (Å²) in [5.74, 6) is 1.81. The summed E-state index contributed by atoms with van der Waals surface area (Å²) in [7, 11) is 4.82. The molecule has 0 aliphatic carbocycles. The molecule has 0 spiro atoms. The fraction of sp³-hybridized carbons (Fsp3) is 0.208. The number of hydrogen-bond donors (Lipinski definition) is 0. The lowest BCUT2D eigenvalue weighted by Gasteiger charge is -2.21. The van der Waals surface area contributed by atoms with E-state index >= 15 is 0 Å². The Labute approximate surface area is 169 Å². The maximum atomic E-state index is 13.3. The highest BCUT2D eigenvalue weighted by Gasteiger charge is 2.20. The number of fused-ring (bicyclic) bond motifs is 2. The molecule has 0 atom stereocenters. The monoisotopic (exact) mass is 389 g/mol. The van der Waals surface area contributed by atoms with Gasteiger partial charge in [-0.1, -0.05) is 23.3 Å². The molecule has 4 rings (SSSR count). The van der Waals surface area contributed by atoms with Gasteiger partial charge in [-0.05, 0) is 38.1 Å². The van der Waals surface area contributed by atoms with Gasteiger partial charge >= 0.3 is 0 Å². The van der Waals surface area contributed by atoms with Gasteiger partial charge in [0.05, 0.1) is 32.4 Å². The minimum absolute atomic E-state index is 0.0186. The molecule has 0 saturated carbocycles. The third kappa shape index (κ3) is 2.99. The van der Waals surface area contributed by atoms with E-state index in [0.29, 0.717) is 28.0 Å². The van der Waals surface area contributed by atoms with E-state index in [1.165, 1.54) is 0 Å². The predicted octanol–water partition coefficient (Wildman–Crippen LogP) is 4.79. The summed E-state index contributed by atoms with van der Waals surface area (Å²) in [5.41, 5.74) is 4.38. The van der Waals surface area contributed by atoms with Crippen molar-refractivity contribution in [1.29, 1.82) is 0 Å². The molecule has 0 fully saturated rings. The standard InChI is InChI=1S/C24H23NO4/c1-14-6-8-19-17(10-14)24(26)18-11-15(2)7-9-20(18)25(19)23-21(28-4)12-16(27-3)13-22(23)29-5/h6-13H,1-5H3. The smallest absolute Gasteiger partial charge is 0.197 e. The molecule has 4 aromatic rings. The minimum Gasteiger partial charge on any atom is -0.496 e. The van der Waals surface area contributed by atoms with Crippen LogP contribution < -0.4 is 19.6 Å². The number of methoxy groups -OCH3 is 3. The van der Waals surface area contributed by atoms with E-state index < -0.39 is 0 Å². The van der Waals surface area contributed by atoms with Crippen LogP contribution in [0.3, 0.4) is 0 Å². The average molecular weight is 389 g/mol. The van der Waals surface area contributed by atoms with Crippen LogP contribution in [0.25, 0.3) is 27.5 Å². The van der Waals surface area contributed by atoms with Gasteiger partial charge in [0.2, 0.25) is 0 Å². The van der Waals surface area contributed by atoms with Crippen LogP contribution >= 0.6 is 0 Å². The van der Waals surface area contributed by atoms with E-state index in [2.05, 4.69) is 0 Å². The second-order valence-electron chi connectivity index (χ2n) is 7.09. The zero-order valence-electron chi connectivity index (χ0n) is 17.2. The van der Waals surface area contributed by atoms with Gasteiger partial charge < -0.3 is 18.8 Å². The molecule has 0 aliphatic heterocycles. The first-order valence-corrected chi connectivity index (χ1v) is 9.34. The third-order valence-corrected chi connectivity index (χ3v) is 5.19. The zero-order valence-corrected chi connectivity index (χ0v) is 17.2. The Balaban J connectivity index is 2.28. The first-order chi connectivity index (χ1) is 14.0. The van der Waals surface area contributed by atoms with Crippen LogP contribution in [-0.2, 0) is 0 Å². The highest BCUT2D eigenvalue weighted by atomic mass is 16.5. The summed E-state index contributed by atoms with van der Waals surface area (Å²) in [5, 5.41) is 1.31. The molecular formula is C24H23NO4. The van der Waals surface area contributed by atoms with Gasteiger partial charge in [0.15, 0.2) is 5.43 Å². The molecule has 0 amide bonds. The van der Waals surface area contributed by atoms with Crippen molar-refractivity contribution in [3.63, 3.8) is 0 Å². The van der Waals surface area contributed by atoms with Crippen molar-refractivity contribution in [3.8, 4) is 22.9 Å². The van der Waals surface area contributed by atoms with Crippen molar-refractivity contribution >= 4 is 21.8 Å². The fourth-order valence-electron chi connectivity index (χ4n) is 3.78. The molecule has 0 unspecified atom stereocenters. The molecule has 1 aromatic heterocycles. The maximum absolute atomic E-state index is 13.3. The van der Waals surface area contributed by atoms with Crippen LogP contribution in [0.15, 0.2) is 53.3 Å². The molecule has 5 nitrogen and oxygen atoms in total. The van der Waals surface area contributed by atoms with E-state index in [1.54, 1.807) is 21.3 Å². The molecule has 5 heteroatoms. The second-order valence-corrected chi connectivity index (χ2v) is 7.09. The summed E-state index contributed by atoms with van der Waals surface area (Å²) in [6.45, 7) is 3.97. The molecule has 1 heterocycles. The Morgan fingerprint density at radius 2 is 1.17 bits per heavy atom. The molecule has 0 N–H and O–H groups in total. The lowest BCUT2D eigenvalue weighted by atomic mass is 10.0. The zero-order chi connectivity index (χ0) is 20.7. The van der Waals surface area contributed by atoms with Gasteiger partial charge in [-0.15, -0.1) is 0 Å². The quantitative estimate of drug-likeness (QED) is 0.471. The van der Waals surface area contributed by atoms with Crippen LogP contribution in [0.1, 0.15) is 11.1 Å². The van der Waals surface area contributed by atoms with Gasteiger partial charge in [-0.2, -0.15) is 0 Å². The number of pyridine rings is 1. The van der Waals surface area contributed by atoms with Crippen molar-refractivity contribution in [3.05, 3.63) is 69.9 Å². The van der Waals surface area contributed by atoms with E-state index in [9.17, 15) is 4.79 Å². The normalized spacial score (nSPS) is 11.1. The van der Waals surface area contributed by atoms with Crippen molar-refractivity contribution in [2.75, 3.05) is 21.3 Å². The van der Waals surface area contributed by atoms with Crippen LogP contribution in [-0.4, -0.2) is 25.9 Å². The van der Waals surface area contributed by atoms with Gasteiger partial charge in [-0.25, -0.2) is 0 Å². The van der Waals surface area contributed by atoms with Crippen molar-refractivity contribution in [2.45, 2.75) is 13.8 Å². The summed E-state index contributed by atoms with van der Waals surface area (Å²) in [6, 6.07) is 15.4. The number of rotatable bonds is 4. The van der Waals surface area contributed by atoms with E-state index in [0.717, 1.165) is 27.8 Å². The summed E-state index contributed by atoms with van der Waals surface area (Å²) in [4.78, 5) is 13.3. The first-order valence-electron chi connectivity index (χ1n) is 9.34.